The van der Waals surface area contributed by atoms with E-state index in [1.54, 1.807) is 6.07 Å². The Bertz CT molecular complexity index is 767. The quantitative estimate of drug-likeness (QED) is 0.742. The number of ether oxygens (including phenoxy) is 1. The minimum absolute atomic E-state index is 0.0653. The Balaban J connectivity index is 1.88. The van der Waals surface area contributed by atoms with Gasteiger partial charge in [0, 0.05) is 31.1 Å². The van der Waals surface area contributed by atoms with Crippen LogP contribution in [-0.2, 0) is 25.5 Å². The number of carbonyl (C=O) groups excluding carboxylic acids is 3. The number of fused-ring (bicyclic) bond motifs is 1. The van der Waals surface area contributed by atoms with E-state index in [1.165, 1.54) is 37.4 Å². The average Bonchev–Trinajstić information content (AvgIpc) is 2.94. The van der Waals surface area contributed by atoms with E-state index in [0.717, 1.165) is 0 Å². The van der Waals surface area contributed by atoms with Gasteiger partial charge in [-0.3, -0.25) is 14.4 Å². The van der Waals surface area contributed by atoms with Crippen molar-refractivity contribution in [2.75, 3.05) is 27.2 Å². The molecule has 2 rings (SSSR count). The molecule has 0 radical (unpaired) electrons. The predicted octanol–water partition coefficient (Wildman–Crippen LogP) is 0.429. The summed E-state index contributed by atoms with van der Waals surface area (Å²) in [5, 5.41) is 12.5. The molecule has 0 fully saturated rings. The summed E-state index contributed by atoms with van der Waals surface area (Å²) < 4.78 is 10.2. The van der Waals surface area contributed by atoms with Gasteiger partial charge in [-0.1, -0.05) is 0 Å². The highest BCUT2D eigenvalue weighted by Gasteiger charge is 2.16. The maximum atomic E-state index is 11.9. The van der Waals surface area contributed by atoms with Gasteiger partial charge in [0.2, 0.25) is 5.91 Å². The van der Waals surface area contributed by atoms with E-state index in [2.05, 4.69) is 5.32 Å². The molecule has 0 aliphatic rings. The summed E-state index contributed by atoms with van der Waals surface area (Å²) in [6.07, 6.45) is 1.34. The number of rotatable bonds is 6. The lowest BCUT2D eigenvalue weighted by atomic mass is 10.1. The van der Waals surface area contributed by atoms with E-state index in [1.807, 2.05) is 0 Å². The number of aromatic hydroxyl groups is 1. The minimum Gasteiger partial charge on any atom is -0.508 e. The van der Waals surface area contributed by atoms with E-state index in [-0.39, 0.29) is 24.6 Å². The van der Waals surface area contributed by atoms with Crippen molar-refractivity contribution in [3.05, 3.63) is 30.0 Å². The summed E-state index contributed by atoms with van der Waals surface area (Å²) in [6.45, 7) is -0.550. The zero-order valence-electron chi connectivity index (χ0n) is 13.4. The van der Waals surface area contributed by atoms with Crippen molar-refractivity contribution < 1.29 is 28.6 Å². The van der Waals surface area contributed by atoms with Gasteiger partial charge < -0.3 is 24.5 Å². The SMILES string of the molecule is CNC(=O)CN(C)C(=O)COC(=O)Cc1coc2cc(O)ccc12. The Morgan fingerprint density at radius 3 is 2.79 bits per heavy atom. The van der Waals surface area contributed by atoms with Crippen LogP contribution >= 0.6 is 0 Å². The molecule has 0 aliphatic heterocycles. The van der Waals surface area contributed by atoms with Crippen LogP contribution in [-0.4, -0.2) is 55.0 Å². The largest absolute Gasteiger partial charge is 0.508 e. The van der Waals surface area contributed by atoms with Crippen LogP contribution in [0.1, 0.15) is 5.56 Å². The van der Waals surface area contributed by atoms with Crippen molar-refractivity contribution in [3.63, 3.8) is 0 Å². The summed E-state index contributed by atoms with van der Waals surface area (Å²) >= 11 is 0. The topological polar surface area (TPSA) is 109 Å². The standard InChI is InChI=1S/C16H18N2O6/c1-17-14(20)7-18(2)15(21)9-24-16(22)5-10-8-23-13-6-11(19)3-4-12(10)13/h3-4,6,8,19H,5,7,9H2,1-2H3,(H,17,20). The molecule has 0 bridgehead atoms. The Morgan fingerprint density at radius 2 is 2.08 bits per heavy atom. The number of carbonyl (C=O) groups is 3. The molecule has 1 aromatic heterocycles. The van der Waals surface area contributed by atoms with Crippen LogP contribution in [0.2, 0.25) is 0 Å². The fourth-order valence-corrected chi connectivity index (χ4v) is 2.05. The second kappa shape index (κ2) is 7.49. The van der Waals surface area contributed by atoms with Crippen molar-refractivity contribution in [2.24, 2.45) is 0 Å². The number of benzene rings is 1. The Labute approximate surface area is 138 Å². The summed E-state index contributed by atoms with van der Waals surface area (Å²) in [4.78, 5) is 36.0. The molecule has 2 aromatic rings. The summed E-state index contributed by atoms with van der Waals surface area (Å²) in [5.41, 5.74) is 1.06. The molecule has 0 aliphatic carbocycles. The zero-order chi connectivity index (χ0) is 17.7. The molecule has 0 saturated carbocycles. The zero-order valence-corrected chi connectivity index (χ0v) is 13.4. The van der Waals surface area contributed by atoms with E-state index in [9.17, 15) is 19.5 Å². The summed E-state index contributed by atoms with van der Waals surface area (Å²) in [5.74, 6) is -1.32. The van der Waals surface area contributed by atoms with Gasteiger partial charge >= 0.3 is 5.97 Å². The molecule has 0 spiro atoms. The van der Waals surface area contributed by atoms with Crippen LogP contribution < -0.4 is 5.32 Å². The minimum atomic E-state index is -0.590. The number of amides is 2. The number of nitrogens with zero attached hydrogens (tertiary/aromatic N) is 1. The van der Waals surface area contributed by atoms with Gasteiger partial charge in [0.05, 0.1) is 19.2 Å². The van der Waals surface area contributed by atoms with Crippen LogP contribution in [0.3, 0.4) is 0 Å². The van der Waals surface area contributed by atoms with Crippen molar-refractivity contribution in [1.29, 1.82) is 0 Å². The first kappa shape index (κ1) is 17.3. The molecule has 1 heterocycles. The molecule has 128 valence electrons. The average molecular weight is 334 g/mol. The lowest BCUT2D eigenvalue weighted by Gasteiger charge is -2.15. The van der Waals surface area contributed by atoms with Crippen LogP contribution in [0.5, 0.6) is 5.75 Å². The Hall–Kier alpha value is -3.03. The maximum Gasteiger partial charge on any atom is 0.310 e. The number of furan rings is 1. The number of phenols is 1. The molecule has 8 nitrogen and oxygen atoms in total. The van der Waals surface area contributed by atoms with Gasteiger partial charge in [-0.15, -0.1) is 0 Å². The van der Waals surface area contributed by atoms with E-state index in [4.69, 9.17) is 9.15 Å². The van der Waals surface area contributed by atoms with Crippen molar-refractivity contribution in [3.8, 4) is 5.75 Å². The Kier molecular flexibility index (Phi) is 5.41. The lowest BCUT2D eigenvalue weighted by molar-refractivity contribution is -0.151. The number of hydrogen-bond acceptors (Lipinski definition) is 6. The third-order valence-corrected chi connectivity index (χ3v) is 3.42. The first-order chi connectivity index (χ1) is 11.4. The van der Waals surface area contributed by atoms with Gasteiger partial charge in [0.1, 0.15) is 11.3 Å². The highest BCUT2D eigenvalue weighted by molar-refractivity contribution is 5.88. The molecule has 8 heteroatoms. The fraction of sp³-hybridized carbons (Fsp3) is 0.312. The van der Waals surface area contributed by atoms with Crippen LogP contribution in [0.25, 0.3) is 11.0 Å². The molecule has 0 saturated heterocycles. The van der Waals surface area contributed by atoms with E-state index < -0.39 is 18.5 Å². The monoisotopic (exact) mass is 334 g/mol. The molecule has 1 aromatic carbocycles. The summed E-state index contributed by atoms with van der Waals surface area (Å²) in [7, 11) is 2.91. The number of likely N-dealkylation sites (N-methyl/N-ethyl adjacent to an activating group) is 2. The fourth-order valence-electron chi connectivity index (χ4n) is 2.05. The summed E-state index contributed by atoms with van der Waals surface area (Å²) in [6, 6.07) is 4.57. The van der Waals surface area contributed by atoms with E-state index >= 15 is 0 Å². The van der Waals surface area contributed by atoms with Crippen LogP contribution in [0.15, 0.2) is 28.9 Å². The van der Waals surface area contributed by atoms with E-state index in [0.29, 0.717) is 16.5 Å². The number of esters is 1. The predicted molar refractivity (Wildman–Crippen MR) is 84.2 cm³/mol. The molecular weight excluding hydrogens is 316 g/mol. The van der Waals surface area contributed by atoms with Gasteiger partial charge in [0.25, 0.3) is 5.91 Å². The van der Waals surface area contributed by atoms with Gasteiger partial charge in [-0.05, 0) is 12.1 Å². The third-order valence-electron chi connectivity index (χ3n) is 3.42. The second-order valence-corrected chi connectivity index (χ2v) is 5.20. The van der Waals surface area contributed by atoms with Crippen LogP contribution in [0, 0.1) is 0 Å². The van der Waals surface area contributed by atoms with Gasteiger partial charge in [-0.2, -0.15) is 0 Å². The first-order valence-corrected chi connectivity index (χ1v) is 7.20. The smallest absolute Gasteiger partial charge is 0.310 e. The van der Waals surface area contributed by atoms with Crippen molar-refractivity contribution in [1.82, 2.24) is 10.2 Å². The first-order valence-electron chi connectivity index (χ1n) is 7.20. The third kappa shape index (κ3) is 4.25. The van der Waals surface area contributed by atoms with Gasteiger partial charge in [-0.25, -0.2) is 0 Å². The highest BCUT2D eigenvalue weighted by Crippen LogP contribution is 2.25. The van der Waals surface area contributed by atoms with Gasteiger partial charge in [0.15, 0.2) is 6.61 Å². The van der Waals surface area contributed by atoms with Crippen molar-refractivity contribution >= 4 is 28.8 Å². The number of nitrogens with one attached hydrogen (secondary N) is 1. The Morgan fingerprint density at radius 1 is 1.33 bits per heavy atom. The molecule has 0 atom stereocenters. The molecule has 2 N–H and O–H groups in total. The van der Waals surface area contributed by atoms with Crippen molar-refractivity contribution in [2.45, 2.75) is 6.42 Å². The van der Waals surface area contributed by atoms with Crippen LogP contribution in [0.4, 0.5) is 0 Å². The lowest BCUT2D eigenvalue weighted by Crippen LogP contribution is -2.39. The second-order valence-electron chi connectivity index (χ2n) is 5.20. The molecule has 24 heavy (non-hydrogen) atoms. The highest BCUT2D eigenvalue weighted by atomic mass is 16.5. The molecular formula is C16H18N2O6. The number of hydrogen-bond donors (Lipinski definition) is 2. The molecule has 2 amide bonds. The molecule has 0 unspecified atom stereocenters. The maximum absolute atomic E-state index is 11.9. The number of phenolic OH excluding ortho intramolecular Hbond substituents is 1. The normalized spacial score (nSPS) is 10.4.